The molecule has 3 aromatic carbocycles. The smallest absolute Gasteiger partial charge is 0.254 e. The fourth-order valence-corrected chi connectivity index (χ4v) is 4.92. The van der Waals surface area contributed by atoms with Gasteiger partial charge in [-0.1, -0.05) is 78.9 Å². The average molecular weight is 402 g/mol. The number of thioether (sulfide) groups is 1. The number of ketones is 1. The molecule has 29 heavy (non-hydrogen) atoms. The molecule has 146 valence electrons. The van der Waals surface area contributed by atoms with Crippen molar-refractivity contribution >= 4 is 23.5 Å². The van der Waals surface area contributed by atoms with Gasteiger partial charge in [-0.25, -0.2) is 0 Å². The van der Waals surface area contributed by atoms with E-state index in [-0.39, 0.29) is 11.7 Å². The van der Waals surface area contributed by atoms with Gasteiger partial charge in [0, 0.05) is 35.2 Å². The molecular weight excluding hydrogens is 378 g/mol. The molecule has 0 saturated carbocycles. The number of rotatable bonds is 4. The van der Waals surface area contributed by atoms with Crippen LogP contribution >= 0.6 is 11.8 Å². The highest BCUT2D eigenvalue weighted by Gasteiger charge is 2.25. The van der Waals surface area contributed by atoms with E-state index in [1.54, 1.807) is 24.3 Å². The molecule has 1 aliphatic rings. The SMILES string of the molecule is O=C(c1ccccc1)c1ccccc1C(=O)N1CCS[C@H](c2ccccc2)CC1. The van der Waals surface area contributed by atoms with E-state index in [1.807, 2.05) is 53.1 Å². The Morgan fingerprint density at radius 1 is 0.759 bits per heavy atom. The number of amides is 1. The zero-order chi connectivity index (χ0) is 20.1. The number of benzene rings is 3. The highest BCUT2D eigenvalue weighted by atomic mass is 32.2. The van der Waals surface area contributed by atoms with Gasteiger partial charge in [0.25, 0.3) is 5.91 Å². The molecule has 3 nitrogen and oxygen atoms in total. The van der Waals surface area contributed by atoms with E-state index in [0.717, 1.165) is 12.2 Å². The van der Waals surface area contributed by atoms with Gasteiger partial charge in [-0.2, -0.15) is 11.8 Å². The van der Waals surface area contributed by atoms with Gasteiger partial charge in [0.15, 0.2) is 5.78 Å². The van der Waals surface area contributed by atoms with Crippen LogP contribution in [0.5, 0.6) is 0 Å². The summed E-state index contributed by atoms with van der Waals surface area (Å²) in [5.74, 6) is 0.722. The van der Waals surface area contributed by atoms with Crippen LogP contribution in [0.2, 0.25) is 0 Å². The first-order valence-electron chi connectivity index (χ1n) is 9.88. The Bertz CT molecular complexity index is 988. The standard InChI is InChI=1S/C25H23NO2S/c27-24(20-11-5-2-6-12-20)21-13-7-8-14-22(21)25(28)26-16-15-23(29-18-17-26)19-9-3-1-4-10-19/h1-14,23H,15-18H2/t23-/m0/s1. The molecule has 0 bridgehead atoms. The lowest BCUT2D eigenvalue weighted by atomic mass is 9.97. The molecule has 1 amide bonds. The second-order valence-corrected chi connectivity index (χ2v) is 8.40. The Balaban J connectivity index is 1.54. The summed E-state index contributed by atoms with van der Waals surface area (Å²) in [5, 5.41) is 0.398. The number of carbonyl (C=O) groups excluding carboxylic acids is 2. The van der Waals surface area contributed by atoms with Gasteiger partial charge in [-0.3, -0.25) is 9.59 Å². The Morgan fingerprint density at radius 3 is 2.10 bits per heavy atom. The van der Waals surface area contributed by atoms with Crippen molar-refractivity contribution < 1.29 is 9.59 Å². The van der Waals surface area contributed by atoms with E-state index in [2.05, 4.69) is 24.3 Å². The molecule has 0 N–H and O–H groups in total. The monoisotopic (exact) mass is 401 g/mol. The van der Waals surface area contributed by atoms with Crippen LogP contribution < -0.4 is 0 Å². The Labute approximate surface area is 175 Å². The quantitative estimate of drug-likeness (QED) is 0.561. The molecule has 0 unspecified atom stereocenters. The molecule has 4 heteroatoms. The molecule has 0 spiro atoms. The van der Waals surface area contributed by atoms with Crippen LogP contribution in [0.25, 0.3) is 0 Å². The molecule has 1 aliphatic heterocycles. The van der Waals surface area contributed by atoms with Crippen molar-refractivity contribution in [2.24, 2.45) is 0 Å². The van der Waals surface area contributed by atoms with Crippen LogP contribution in [-0.4, -0.2) is 35.4 Å². The number of hydrogen-bond acceptors (Lipinski definition) is 3. The predicted octanol–water partition coefficient (Wildman–Crippen LogP) is 5.24. The summed E-state index contributed by atoms with van der Waals surface area (Å²) in [6, 6.07) is 26.8. The summed E-state index contributed by atoms with van der Waals surface area (Å²) in [6.07, 6.45) is 0.912. The molecule has 1 fully saturated rings. The van der Waals surface area contributed by atoms with Crippen LogP contribution in [0.3, 0.4) is 0 Å². The third kappa shape index (κ3) is 4.43. The van der Waals surface area contributed by atoms with Gasteiger partial charge in [0.2, 0.25) is 0 Å². The second kappa shape index (κ2) is 9.10. The fourth-order valence-electron chi connectivity index (χ4n) is 3.69. The Kier molecular flexibility index (Phi) is 6.11. The van der Waals surface area contributed by atoms with Gasteiger partial charge in [0.1, 0.15) is 0 Å². The molecular formula is C25H23NO2S. The van der Waals surface area contributed by atoms with Gasteiger partial charge in [-0.15, -0.1) is 0 Å². The van der Waals surface area contributed by atoms with Crippen molar-refractivity contribution in [3.8, 4) is 0 Å². The van der Waals surface area contributed by atoms with Crippen LogP contribution in [0, 0.1) is 0 Å². The van der Waals surface area contributed by atoms with E-state index in [0.29, 0.717) is 35.0 Å². The van der Waals surface area contributed by atoms with Gasteiger partial charge >= 0.3 is 0 Å². The molecule has 0 radical (unpaired) electrons. The van der Waals surface area contributed by atoms with Crippen LogP contribution in [-0.2, 0) is 0 Å². The van der Waals surface area contributed by atoms with Crippen molar-refractivity contribution in [3.05, 3.63) is 107 Å². The summed E-state index contributed by atoms with van der Waals surface area (Å²) in [5.41, 5.74) is 2.87. The lowest BCUT2D eigenvalue weighted by molar-refractivity contribution is 0.0762. The normalized spacial score (nSPS) is 16.8. The highest BCUT2D eigenvalue weighted by molar-refractivity contribution is 7.99. The number of nitrogens with zero attached hydrogens (tertiary/aromatic N) is 1. The lowest BCUT2D eigenvalue weighted by Gasteiger charge is -2.21. The van der Waals surface area contributed by atoms with Crippen molar-refractivity contribution in [1.82, 2.24) is 4.90 Å². The topological polar surface area (TPSA) is 37.4 Å². The van der Waals surface area contributed by atoms with Crippen LogP contribution in [0.15, 0.2) is 84.9 Å². The van der Waals surface area contributed by atoms with Crippen molar-refractivity contribution in [2.75, 3.05) is 18.8 Å². The summed E-state index contributed by atoms with van der Waals surface area (Å²) in [7, 11) is 0. The number of hydrogen-bond donors (Lipinski definition) is 0. The predicted molar refractivity (Wildman–Crippen MR) is 118 cm³/mol. The van der Waals surface area contributed by atoms with E-state index in [9.17, 15) is 9.59 Å². The maximum absolute atomic E-state index is 13.3. The molecule has 1 heterocycles. The van der Waals surface area contributed by atoms with Crippen LogP contribution in [0.1, 0.15) is 43.5 Å². The minimum atomic E-state index is -0.110. The van der Waals surface area contributed by atoms with Crippen molar-refractivity contribution in [1.29, 1.82) is 0 Å². The Morgan fingerprint density at radius 2 is 1.38 bits per heavy atom. The first-order chi connectivity index (χ1) is 14.2. The van der Waals surface area contributed by atoms with Crippen LogP contribution in [0.4, 0.5) is 0 Å². The third-order valence-electron chi connectivity index (χ3n) is 5.24. The van der Waals surface area contributed by atoms with Crippen molar-refractivity contribution in [2.45, 2.75) is 11.7 Å². The molecule has 4 rings (SSSR count). The molecule has 0 aromatic heterocycles. The zero-order valence-corrected chi connectivity index (χ0v) is 17.0. The van der Waals surface area contributed by atoms with E-state index >= 15 is 0 Å². The van der Waals surface area contributed by atoms with Gasteiger partial charge in [0.05, 0.1) is 5.56 Å². The zero-order valence-electron chi connectivity index (χ0n) is 16.2. The maximum Gasteiger partial charge on any atom is 0.254 e. The van der Waals surface area contributed by atoms with E-state index < -0.39 is 0 Å². The molecule has 1 atom stereocenters. The largest absolute Gasteiger partial charge is 0.338 e. The highest BCUT2D eigenvalue weighted by Crippen LogP contribution is 2.34. The second-order valence-electron chi connectivity index (χ2n) is 7.09. The molecule has 0 aliphatic carbocycles. The summed E-state index contributed by atoms with van der Waals surface area (Å²) < 4.78 is 0. The Hall–Kier alpha value is -2.85. The molecule has 3 aromatic rings. The van der Waals surface area contributed by atoms with E-state index in [1.165, 1.54) is 5.56 Å². The number of carbonyl (C=O) groups is 2. The minimum absolute atomic E-state index is 0.0563. The maximum atomic E-state index is 13.3. The van der Waals surface area contributed by atoms with Crippen molar-refractivity contribution in [3.63, 3.8) is 0 Å². The fraction of sp³-hybridized carbons (Fsp3) is 0.200. The summed E-state index contributed by atoms with van der Waals surface area (Å²) >= 11 is 1.90. The van der Waals surface area contributed by atoms with Gasteiger partial charge < -0.3 is 4.90 Å². The summed E-state index contributed by atoms with van der Waals surface area (Å²) in [6.45, 7) is 1.39. The van der Waals surface area contributed by atoms with E-state index in [4.69, 9.17) is 0 Å². The van der Waals surface area contributed by atoms with Gasteiger partial charge in [-0.05, 0) is 18.1 Å². The first kappa shape index (κ1) is 19.5. The summed E-state index contributed by atoms with van der Waals surface area (Å²) in [4.78, 5) is 28.2. The average Bonchev–Trinajstić information content (AvgIpc) is 3.06. The molecule has 1 saturated heterocycles. The first-order valence-corrected chi connectivity index (χ1v) is 10.9. The minimum Gasteiger partial charge on any atom is -0.338 e. The lowest BCUT2D eigenvalue weighted by Crippen LogP contribution is -2.34. The third-order valence-corrected chi connectivity index (χ3v) is 6.57.